The van der Waals surface area contributed by atoms with Gasteiger partial charge in [-0.1, -0.05) is 55.5 Å². The first-order valence-electron chi connectivity index (χ1n) is 11.0. The lowest BCUT2D eigenvalue weighted by molar-refractivity contribution is -0.116. The number of para-hydroxylation sites is 1. The molecule has 0 atom stereocenters. The van der Waals surface area contributed by atoms with Gasteiger partial charge in [0.15, 0.2) is 0 Å². The van der Waals surface area contributed by atoms with Crippen LogP contribution in [0.2, 0.25) is 0 Å². The maximum absolute atomic E-state index is 13.5. The van der Waals surface area contributed by atoms with Crippen molar-refractivity contribution >= 4 is 21.6 Å². The van der Waals surface area contributed by atoms with Crippen LogP contribution in [0.5, 0.6) is 5.75 Å². The average molecular weight is 467 g/mol. The van der Waals surface area contributed by atoms with E-state index in [9.17, 15) is 13.2 Å². The lowest BCUT2D eigenvalue weighted by Crippen LogP contribution is -2.37. The summed E-state index contributed by atoms with van der Waals surface area (Å²) in [6, 6.07) is 21.3. The molecule has 0 bridgehead atoms. The van der Waals surface area contributed by atoms with Gasteiger partial charge in [0.05, 0.1) is 18.0 Å². The van der Waals surface area contributed by atoms with Crippen molar-refractivity contribution in [3.63, 3.8) is 0 Å². The van der Waals surface area contributed by atoms with E-state index in [1.54, 1.807) is 12.1 Å². The molecular formula is C26H30N2O4S. The summed E-state index contributed by atoms with van der Waals surface area (Å²) in [5.74, 6) is 0.208. The highest BCUT2D eigenvalue weighted by molar-refractivity contribution is 7.89. The van der Waals surface area contributed by atoms with Crippen LogP contribution in [0.25, 0.3) is 0 Å². The number of hydrogen-bond donors (Lipinski definition) is 1. The Labute approximate surface area is 196 Å². The monoisotopic (exact) mass is 466 g/mol. The van der Waals surface area contributed by atoms with Gasteiger partial charge in [-0.15, -0.1) is 0 Å². The fourth-order valence-electron chi connectivity index (χ4n) is 3.58. The number of carbonyl (C=O) groups is 1. The molecule has 0 aliphatic carbocycles. The number of aryl methyl sites for hydroxylation is 2. The Balaban J connectivity index is 1.89. The number of ether oxygens (including phenoxy) is 1. The van der Waals surface area contributed by atoms with Crippen LogP contribution in [-0.2, 0) is 27.8 Å². The molecule has 7 heteroatoms. The highest BCUT2D eigenvalue weighted by Crippen LogP contribution is 2.24. The van der Waals surface area contributed by atoms with Crippen LogP contribution >= 0.6 is 0 Å². The average Bonchev–Trinajstić information content (AvgIpc) is 2.81. The van der Waals surface area contributed by atoms with Crippen molar-refractivity contribution in [3.05, 3.63) is 89.5 Å². The number of rotatable bonds is 10. The van der Waals surface area contributed by atoms with E-state index in [4.69, 9.17) is 4.74 Å². The molecule has 0 aliphatic rings. The van der Waals surface area contributed by atoms with Crippen LogP contribution in [0, 0.1) is 6.92 Å². The topological polar surface area (TPSA) is 75.7 Å². The summed E-state index contributed by atoms with van der Waals surface area (Å²) in [6.07, 6.45) is 0.759. The highest BCUT2D eigenvalue weighted by atomic mass is 32.2. The maximum Gasteiger partial charge on any atom is 0.243 e. The van der Waals surface area contributed by atoms with Gasteiger partial charge in [0, 0.05) is 12.2 Å². The van der Waals surface area contributed by atoms with Gasteiger partial charge in [-0.3, -0.25) is 4.79 Å². The standard InChI is InChI=1S/C26H30N2O4S/c1-4-22-13-9-10-20(3)26(22)27-25(29)19-28(18-21-11-7-6-8-12-21)33(30,31)24-16-14-23(15-17-24)32-5-2/h6-17H,4-5,18-19H2,1-3H3,(H,27,29). The third kappa shape index (κ3) is 6.21. The third-order valence-corrected chi connectivity index (χ3v) is 7.10. The molecule has 3 aromatic carbocycles. The Morgan fingerprint density at radius 1 is 0.939 bits per heavy atom. The Morgan fingerprint density at radius 2 is 1.64 bits per heavy atom. The van der Waals surface area contributed by atoms with E-state index < -0.39 is 10.0 Å². The molecule has 0 fully saturated rings. The molecule has 174 valence electrons. The van der Waals surface area contributed by atoms with Crippen LogP contribution in [0.15, 0.2) is 77.7 Å². The fraction of sp³-hybridized carbons (Fsp3) is 0.269. The predicted molar refractivity (Wildman–Crippen MR) is 131 cm³/mol. The summed E-state index contributed by atoms with van der Waals surface area (Å²) in [4.78, 5) is 13.1. The first-order chi connectivity index (χ1) is 15.8. The molecule has 33 heavy (non-hydrogen) atoms. The summed E-state index contributed by atoms with van der Waals surface area (Å²) in [5, 5.41) is 2.93. The molecule has 0 unspecified atom stereocenters. The number of amides is 1. The molecule has 1 amide bonds. The lowest BCUT2D eigenvalue weighted by Gasteiger charge is -2.23. The van der Waals surface area contributed by atoms with Crippen molar-refractivity contribution < 1.29 is 17.9 Å². The van der Waals surface area contributed by atoms with Crippen LogP contribution in [0.4, 0.5) is 5.69 Å². The SMILES string of the molecule is CCOc1ccc(S(=O)(=O)N(CC(=O)Nc2c(C)cccc2CC)Cc2ccccc2)cc1. The van der Waals surface area contributed by atoms with Crippen LogP contribution < -0.4 is 10.1 Å². The second-order valence-electron chi connectivity index (χ2n) is 7.67. The van der Waals surface area contributed by atoms with Gasteiger partial charge >= 0.3 is 0 Å². The molecule has 0 aromatic heterocycles. The van der Waals surface area contributed by atoms with Gasteiger partial charge in [-0.05, 0) is 61.2 Å². The van der Waals surface area contributed by atoms with E-state index in [0.717, 1.165) is 28.8 Å². The van der Waals surface area contributed by atoms with Gasteiger partial charge in [-0.2, -0.15) is 4.31 Å². The summed E-state index contributed by atoms with van der Waals surface area (Å²) in [6.45, 7) is 6.07. The summed E-state index contributed by atoms with van der Waals surface area (Å²) < 4.78 is 33.6. The molecule has 0 aliphatic heterocycles. The first kappa shape index (κ1) is 24.5. The second-order valence-corrected chi connectivity index (χ2v) is 9.61. The van der Waals surface area contributed by atoms with Crippen molar-refractivity contribution in [2.45, 2.75) is 38.6 Å². The Hall–Kier alpha value is -3.16. The van der Waals surface area contributed by atoms with Crippen LogP contribution in [0.1, 0.15) is 30.5 Å². The number of nitrogens with one attached hydrogen (secondary N) is 1. The summed E-state index contributed by atoms with van der Waals surface area (Å²) in [5.41, 5.74) is 3.48. The van der Waals surface area contributed by atoms with Gasteiger partial charge in [-0.25, -0.2) is 8.42 Å². The van der Waals surface area contributed by atoms with Crippen molar-refractivity contribution in [3.8, 4) is 5.75 Å². The van der Waals surface area contributed by atoms with Gasteiger partial charge in [0.2, 0.25) is 15.9 Å². The minimum atomic E-state index is -3.93. The summed E-state index contributed by atoms with van der Waals surface area (Å²) in [7, 11) is -3.93. The van der Waals surface area contributed by atoms with E-state index in [0.29, 0.717) is 12.4 Å². The highest BCUT2D eigenvalue weighted by Gasteiger charge is 2.27. The van der Waals surface area contributed by atoms with Gasteiger partial charge in [0.1, 0.15) is 5.75 Å². The quantitative estimate of drug-likeness (QED) is 0.466. The lowest BCUT2D eigenvalue weighted by atomic mass is 10.1. The number of hydrogen-bond acceptors (Lipinski definition) is 4. The van der Waals surface area contributed by atoms with Gasteiger partial charge < -0.3 is 10.1 Å². The Kier molecular flexibility index (Phi) is 8.25. The summed E-state index contributed by atoms with van der Waals surface area (Å²) >= 11 is 0. The number of nitrogens with zero attached hydrogens (tertiary/aromatic N) is 1. The maximum atomic E-state index is 13.5. The van der Waals surface area contributed by atoms with Crippen LogP contribution in [0.3, 0.4) is 0 Å². The molecule has 1 N–H and O–H groups in total. The van der Waals surface area contributed by atoms with E-state index in [-0.39, 0.29) is 23.9 Å². The smallest absolute Gasteiger partial charge is 0.243 e. The fourth-order valence-corrected chi connectivity index (χ4v) is 4.96. The zero-order chi connectivity index (χ0) is 23.8. The zero-order valence-electron chi connectivity index (χ0n) is 19.2. The molecule has 0 spiro atoms. The molecule has 0 saturated carbocycles. The van der Waals surface area contributed by atoms with Crippen molar-refractivity contribution in [2.24, 2.45) is 0 Å². The normalized spacial score (nSPS) is 11.4. The van der Waals surface area contributed by atoms with E-state index in [1.807, 2.05) is 69.3 Å². The van der Waals surface area contributed by atoms with Gasteiger partial charge in [0.25, 0.3) is 0 Å². The predicted octanol–water partition coefficient (Wildman–Crippen LogP) is 4.79. The third-order valence-electron chi connectivity index (χ3n) is 5.30. The largest absolute Gasteiger partial charge is 0.494 e. The number of anilines is 1. The van der Waals surface area contributed by atoms with Crippen LogP contribution in [-0.4, -0.2) is 31.8 Å². The van der Waals surface area contributed by atoms with Crippen molar-refractivity contribution in [2.75, 3.05) is 18.5 Å². The molecule has 0 radical (unpaired) electrons. The number of carbonyl (C=O) groups excluding carboxylic acids is 1. The second kappa shape index (κ2) is 11.1. The zero-order valence-corrected chi connectivity index (χ0v) is 20.1. The number of benzene rings is 3. The molecule has 6 nitrogen and oxygen atoms in total. The van der Waals surface area contributed by atoms with E-state index in [1.165, 1.54) is 16.4 Å². The molecular weight excluding hydrogens is 436 g/mol. The van der Waals surface area contributed by atoms with E-state index in [2.05, 4.69) is 5.32 Å². The Morgan fingerprint density at radius 3 is 2.27 bits per heavy atom. The Bertz CT molecular complexity index is 1180. The van der Waals surface area contributed by atoms with Crippen molar-refractivity contribution in [1.82, 2.24) is 4.31 Å². The number of sulfonamides is 1. The first-order valence-corrected chi connectivity index (χ1v) is 12.4. The minimum Gasteiger partial charge on any atom is -0.494 e. The van der Waals surface area contributed by atoms with Crippen molar-refractivity contribution in [1.29, 1.82) is 0 Å². The molecule has 0 saturated heterocycles. The minimum absolute atomic E-state index is 0.0816. The molecule has 0 heterocycles. The molecule has 3 aromatic rings. The molecule has 3 rings (SSSR count). The van der Waals surface area contributed by atoms with E-state index >= 15 is 0 Å².